The van der Waals surface area contributed by atoms with Crippen LogP contribution in [0.3, 0.4) is 0 Å². The molecule has 0 unspecified atom stereocenters. The van der Waals surface area contributed by atoms with Crippen LogP contribution in [0.25, 0.3) is 0 Å². The number of sulfonamides is 1. The molecule has 0 fully saturated rings. The average Bonchev–Trinajstić information content (AvgIpc) is 2.65. The molecule has 156 valence electrons. The Labute approximate surface area is 171 Å². The van der Waals surface area contributed by atoms with Gasteiger partial charge in [-0.15, -0.1) is 0 Å². The number of nitrogens with zero attached hydrogens (tertiary/aromatic N) is 1. The summed E-state index contributed by atoms with van der Waals surface area (Å²) >= 11 is 0. The van der Waals surface area contributed by atoms with Crippen molar-refractivity contribution in [1.29, 1.82) is 0 Å². The van der Waals surface area contributed by atoms with E-state index in [9.17, 15) is 13.2 Å². The van der Waals surface area contributed by atoms with Gasteiger partial charge < -0.3 is 14.8 Å². The van der Waals surface area contributed by atoms with E-state index in [1.807, 2.05) is 39.8 Å². The van der Waals surface area contributed by atoms with Gasteiger partial charge in [0.1, 0.15) is 19.8 Å². The second kappa shape index (κ2) is 7.94. The highest BCUT2D eigenvalue weighted by Crippen LogP contribution is 2.34. The van der Waals surface area contributed by atoms with Crippen LogP contribution in [0.15, 0.2) is 47.4 Å². The molecule has 0 bridgehead atoms. The average molecular weight is 419 g/mol. The van der Waals surface area contributed by atoms with Gasteiger partial charge in [0.2, 0.25) is 5.91 Å². The Balaban J connectivity index is 1.99. The Hall–Kier alpha value is -2.74. The maximum atomic E-state index is 13.5. The number of amides is 1. The van der Waals surface area contributed by atoms with Crippen LogP contribution in [-0.2, 0) is 14.8 Å². The van der Waals surface area contributed by atoms with E-state index in [1.165, 1.54) is 12.1 Å². The normalized spacial score (nSPS) is 13.7. The lowest BCUT2D eigenvalue weighted by Crippen LogP contribution is -2.47. The van der Waals surface area contributed by atoms with Gasteiger partial charge in [0.05, 0.1) is 10.6 Å². The zero-order chi connectivity index (χ0) is 21.2. The maximum Gasteiger partial charge on any atom is 0.264 e. The first-order chi connectivity index (χ1) is 13.6. The van der Waals surface area contributed by atoms with Gasteiger partial charge in [-0.1, -0.05) is 17.7 Å². The zero-order valence-electron chi connectivity index (χ0n) is 17.1. The van der Waals surface area contributed by atoms with Crippen molar-refractivity contribution in [2.45, 2.75) is 38.1 Å². The Kier molecular flexibility index (Phi) is 5.75. The van der Waals surface area contributed by atoms with Gasteiger partial charge >= 0.3 is 0 Å². The Morgan fingerprint density at radius 3 is 2.28 bits per heavy atom. The molecule has 3 rings (SSSR count). The van der Waals surface area contributed by atoms with Gasteiger partial charge in [-0.3, -0.25) is 9.10 Å². The van der Waals surface area contributed by atoms with Gasteiger partial charge in [-0.2, -0.15) is 0 Å². The zero-order valence-corrected chi connectivity index (χ0v) is 17.9. The fourth-order valence-electron chi connectivity index (χ4n) is 2.93. The van der Waals surface area contributed by atoms with Crippen molar-refractivity contribution in [2.75, 3.05) is 24.1 Å². The molecule has 0 radical (unpaired) electrons. The molecule has 0 saturated carbocycles. The Bertz CT molecular complexity index is 995. The summed E-state index contributed by atoms with van der Waals surface area (Å²) in [6.07, 6.45) is 0. The van der Waals surface area contributed by atoms with Gasteiger partial charge in [-0.25, -0.2) is 8.42 Å². The molecular weight excluding hydrogens is 392 g/mol. The fraction of sp³-hybridized carbons (Fsp3) is 0.381. The molecule has 0 spiro atoms. The number of fused-ring (bicyclic) bond motifs is 1. The Morgan fingerprint density at radius 1 is 1.03 bits per heavy atom. The number of hydrogen-bond donors (Lipinski definition) is 1. The monoisotopic (exact) mass is 418 g/mol. The maximum absolute atomic E-state index is 13.5. The van der Waals surface area contributed by atoms with Crippen molar-refractivity contribution in [1.82, 2.24) is 5.32 Å². The number of benzene rings is 2. The van der Waals surface area contributed by atoms with Gasteiger partial charge in [0, 0.05) is 11.6 Å². The first-order valence-electron chi connectivity index (χ1n) is 9.36. The van der Waals surface area contributed by atoms with Crippen molar-refractivity contribution in [3.8, 4) is 11.5 Å². The van der Waals surface area contributed by atoms with E-state index in [2.05, 4.69) is 5.32 Å². The number of nitrogens with one attached hydrogen (secondary N) is 1. The number of anilines is 1. The first kappa shape index (κ1) is 21.0. The van der Waals surface area contributed by atoms with Crippen LogP contribution >= 0.6 is 0 Å². The van der Waals surface area contributed by atoms with Crippen molar-refractivity contribution < 1.29 is 22.7 Å². The van der Waals surface area contributed by atoms with Crippen LogP contribution in [-0.4, -0.2) is 39.6 Å². The molecule has 0 aliphatic carbocycles. The number of carbonyl (C=O) groups is 1. The molecule has 29 heavy (non-hydrogen) atoms. The molecule has 2 aromatic carbocycles. The summed E-state index contributed by atoms with van der Waals surface area (Å²) in [6.45, 7) is 7.88. The predicted octanol–water partition coefficient (Wildman–Crippen LogP) is 2.88. The molecular formula is C21H26N2O5S. The van der Waals surface area contributed by atoms with E-state index < -0.39 is 15.6 Å². The van der Waals surface area contributed by atoms with Crippen LogP contribution in [0.4, 0.5) is 5.69 Å². The quantitative estimate of drug-likeness (QED) is 0.807. The summed E-state index contributed by atoms with van der Waals surface area (Å²) in [5.74, 6) is 0.488. The van der Waals surface area contributed by atoms with Crippen LogP contribution in [0.2, 0.25) is 0 Å². The van der Waals surface area contributed by atoms with Crippen molar-refractivity contribution >= 4 is 21.6 Å². The molecule has 2 aromatic rings. The minimum absolute atomic E-state index is 0.0332. The minimum atomic E-state index is -4.01. The number of rotatable bonds is 5. The molecule has 0 atom stereocenters. The third-order valence-corrected chi connectivity index (χ3v) is 6.00. The topological polar surface area (TPSA) is 84.9 Å². The lowest BCUT2D eigenvalue weighted by Gasteiger charge is -2.27. The fourth-order valence-corrected chi connectivity index (χ4v) is 4.36. The molecule has 1 N–H and O–H groups in total. The highest BCUT2D eigenvalue weighted by Gasteiger charge is 2.29. The summed E-state index contributed by atoms with van der Waals surface area (Å²) in [5.41, 5.74) is 0.927. The number of carbonyl (C=O) groups excluding carboxylic acids is 1. The molecule has 1 aliphatic heterocycles. The van der Waals surface area contributed by atoms with E-state index in [1.54, 1.807) is 18.2 Å². The summed E-state index contributed by atoms with van der Waals surface area (Å²) < 4.78 is 39.0. The van der Waals surface area contributed by atoms with E-state index >= 15 is 0 Å². The van der Waals surface area contributed by atoms with E-state index in [0.717, 1.165) is 9.87 Å². The van der Waals surface area contributed by atoms with E-state index in [4.69, 9.17) is 9.47 Å². The van der Waals surface area contributed by atoms with Crippen molar-refractivity contribution in [2.24, 2.45) is 0 Å². The van der Waals surface area contributed by atoms with Crippen LogP contribution in [0, 0.1) is 6.92 Å². The molecule has 1 aliphatic rings. The summed E-state index contributed by atoms with van der Waals surface area (Å²) in [5, 5.41) is 2.81. The van der Waals surface area contributed by atoms with E-state index in [-0.39, 0.29) is 17.3 Å². The SMILES string of the molecule is Cc1ccc(N(CC(=O)NC(C)(C)C)S(=O)(=O)c2ccc3c(c2)OCCO3)cc1. The summed E-state index contributed by atoms with van der Waals surface area (Å²) in [6, 6.07) is 11.5. The third kappa shape index (κ3) is 5.00. The van der Waals surface area contributed by atoms with Crippen LogP contribution < -0.4 is 19.1 Å². The molecule has 8 heteroatoms. The second-order valence-corrected chi connectivity index (χ2v) is 9.81. The lowest BCUT2D eigenvalue weighted by molar-refractivity contribution is -0.121. The molecule has 0 aromatic heterocycles. The number of hydrogen-bond acceptors (Lipinski definition) is 5. The number of aryl methyl sites for hydroxylation is 1. The van der Waals surface area contributed by atoms with Crippen LogP contribution in [0.5, 0.6) is 11.5 Å². The molecule has 7 nitrogen and oxygen atoms in total. The highest BCUT2D eigenvalue weighted by atomic mass is 32.2. The summed E-state index contributed by atoms with van der Waals surface area (Å²) in [7, 11) is -4.01. The van der Waals surface area contributed by atoms with Crippen LogP contribution in [0.1, 0.15) is 26.3 Å². The van der Waals surface area contributed by atoms with Crippen molar-refractivity contribution in [3.05, 3.63) is 48.0 Å². The van der Waals surface area contributed by atoms with Gasteiger partial charge in [-0.05, 0) is 52.0 Å². The first-order valence-corrected chi connectivity index (χ1v) is 10.8. The third-order valence-electron chi connectivity index (χ3n) is 4.23. The molecule has 0 saturated heterocycles. The lowest BCUT2D eigenvalue weighted by atomic mass is 10.1. The molecule has 1 heterocycles. The van der Waals surface area contributed by atoms with Crippen molar-refractivity contribution in [3.63, 3.8) is 0 Å². The highest BCUT2D eigenvalue weighted by molar-refractivity contribution is 7.92. The second-order valence-electron chi connectivity index (χ2n) is 7.95. The van der Waals surface area contributed by atoms with Gasteiger partial charge in [0.25, 0.3) is 10.0 Å². The van der Waals surface area contributed by atoms with Gasteiger partial charge in [0.15, 0.2) is 11.5 Å². The largest absolute Gasteiger partial charge is 0.486 e. The summed E-state index contributed by atoms with van der Waals surface area (Å²) in [4.78, 5) is 12.6. The molecule has 1 amide bonds. The minimum Gasteiger partial charge on any atom is -0.486 e. The van der Waals surface area contributed by atoms with E-state index in [0.29, 0.717) is 30.4 Å². The predicted molar refractivity (Wildman–Crippen MR) is 111 cm³/mol. The smallest absolute Gasteiger partial charge is 0.264 e. The standard InChI is InChI=1S/C21H26N2O5S/c1-15-5-7-16(8-6-15)23(14-20(24)22-21(2,3)4)29(25,26)17-9-10-18-19(13-17)28-12-11-27-18/h5-10,13H,11-12,14H2,1-4H3,(H,22,24). The number of ether oxygens (including phenoxy) is 2. The Morgan fingerprint density at radius 2 is 1.66 bits per heavy atom.